The fourth-order valence-corrected chi connectivity index (χ4v) is 6.16. The van der Waals surface area contributed by atoms with Crippen LogP contribution in [-0.4, -0.2) is 45.7 Å². The average Bonchev–Trinajstić information content (AvgIpc) is 2.92. The Balaban J connectivity index is 2.17. The van der Waals surface area contributed by atoms with Crippen LogP contribution >= 0.6 is 0 Å². The van der Waals surface area contributed by atoms with Crippen molar-refractivity contribution in [2.45, 2.75) is 64.3 Å². The highest BCUT2D eigenvalue weighted by Gasteiger charge is 2.84. The minimum Gasteiger partial charge on any atom is -0.457 e. The molecule has 140 valence electrons. The molecule has 2 saturated carbocycles. The number of ether oxygens (including phenoxy) is 1. The zero-order valence-corrected chi connectivity index (χ0v) is 15.4. The van der Waals surface area contributed by atoms with Crippen molar-refractivity contribution in [3.63, 3.8) is 0 Å². The first-order valence-corrected chi connectivity index (χ1v) is 9.08. The van der Waals surface area contributed by atoms with Crippen LogP contribution in [0.4, 0.5) is 0 Å². The third-order valence-electron chi connectivity index (χ3n) is 8.20. The van der Waals surface area contributed by atoms with E-state index in [-0.39, 0.29) is 24.9 Å². The molecule has 5 nitrogen and oxygen atoms in total. The van der Waals surface area contributed by atoms with E-state index in [1.807, 2.05) is 20.8 Å². The minimum absolute atomic E-state index is 0.124. The molecule has 0 amide bonds. The summed E-state index contributed by atoms with van der Waals surface area (Å²) in [6.45, 7) is 13.0. The summed E-state index contributed by atoms with van der Waals surface area (Å²) >= 11 is 0. The van der Waals surface area contributed by atoms with Crippen molar-refractivity contribution in [3.8, 4) is 0 Å². The monoisotopic (exact) mass is 350 g/mol. The summed E-state index contributed by atoms with van der Waals surface area (Å²) in [7, 11) is 0. The van der Waals surface area contributed by atoms with Gasteiger partial charge in [0, 0.05) is 10.8 Å². The molecule has 2 bridgehead atoms. The number of hydrogen-bond acceptors (Lipinski definition) is 5. The molecule has 1 saturated heterocycles. The number of carbonyl (C=O) groups excluding carboxylic acids is 1. The van der Waals surface area contributed by atoms with E-state index in [0.29, 0.717) is 24.8 Å². The second-order valence-corrected chi connectivity index (χ2v) is 8.72. The molecule has 0 aromatic rings. The van der Waals surface area contributed by atoms with Crippen LogP contribution < -0.4 is 0 Å². The van der Waals surface area contributed by atoms with Crippen molar-refractivity contribution in [3.05, 3.63) is 24.8 Å². The van der Waals surface area contributed by atoms with Gasteiger partial charge in [-0.05, 0) is 44.1 Å². The topological polar surface area (TPSA) is 87.0 Å². The molecule has 1 heterocycles. The summed E-state index contributed by atoms with van der Waals surface area (Å²) in [5, 5.41) is 32.1. The lowest BCUT2D eigenvalue weighted by Crippen LogP contribution is -2.68. The Labute approximate surface area is 149 Å². The average molecular weight is 350 g/mol. The lowest BCUT2D eigenvalue weighted by molar-refractivity contribution is -0.246. The lowest BCUT2D eigenvalue weighted by atomic mass is 9.45. The first-order valence-electron chi connectivity index (χ1n) is 9.08. The summed E-state index contributed by atoms with van der Waals surface area (Å²) in [6, 6.07) is 0. The predicted molar refractivity (Wildman–Crippen MR) is 93.5 cm³/mol. The van der Waals surface area contributed by atoms with Gasteiger partial charge < -0.3 is 20.1 Å². The van der Waals surface area contributed by atoms with Crippen LogP contribution in [-0.2, 0) is 9.53 Å². The van der Waals surface area contributed by atoms with Crippen LogP contribution in [0.1, 0.15) is 46.5 Å². The molecule has 0 aromatic carbocycles. The molecule has 25 heavy (non-hydrogen) atoms. The number of carbonyl (C=O) groups is 1. The number of esters is 1. The van der Waals surface area contributed by atoms with Crippen molar-refractivity contribution in [2.24, 2.45) is 22.2 Å². The van der Waals surface area contributed by atoms with Crippen LogP contribution in [0.15, 0.2) is 24.8 Å². The van der Waals surface area contributed by atoms with Gasteiger partial charge in [-0.2, -0.15) is 0 Å². The molecular weight excluding hydrogens is 320 g/mol. The quantitative estimate of drug-likeness (QED) is 0.521. The van der Waals surface area contributed by atoms with E-state index in [2.05, 4.69) is 13.2 Å². The predicted octanol–water partition coefficient (Wildman–Crippen LogP) is 1.96. The second kappa shape index (κ2) is 5.41. The number of hydrogen-bond donors (Lipinski definition) is 3. The molecule has 3 aliphatic rings. The standard InChI is InChI=1S/C20H30O5/c1-6-12(2)14(22)10-19(11-21)13(3)9-15(23)18(5)17(4)7-8-20(18,19)25-16(17)24/h6,13-15,21-23H,1-2,7-11H2,3-5H3/t13-,14-,15-,17+,18-,19+,20+/m1/s1. The number of aliphatic hydroxyl groups excluding tert-OH is 3. The van der Waals surface area contributed by atoms with E-state index >= 15 is 0 Å². The summed E-state index contributed by atoms with van der Waals surface area (Å²) < 4.78 is 5.99. The summed E-state index contributed by atoms with van der Waals surface area (Å²) in [4.78, 5) is 12.7. The Kier molecular flexibility index (Phi) is 4.03. The van der Waals surface area contributed by atoms with E-state index in [4.69, 9.17) is 4.74 Å². The van der Waals surface area contributed by atoms with Gasteiger partial charge in [0.05, 0.1) is 24.2 Å². The fourth-order valence-electron chi connectivity index (χ4n) is 6.16. The van der Waals surface area contributed by atoms with Gasteiger partial charge in [-0.1, -0.05) is 33.1 Å². The van der Waals surface area contributed by atoms with Gasteiger partial charge in [0.2, 0.25) is 0 Å². The molecule has 3 rings (SSSR count). The van der Waals surface area contributed by atoms with E-state index < -0.39 is 34.1 Å². The van der Waals surface area contributed by atoms with E-state index in [1.54, 1.807) is 0 Å². The highest BCUT2D eigenvalue weighted by atomic mass is 16.6. The van der Waals surface area contributed by atoms with Gasteiger partial charge in [-0.25, -0.2) is 0 Å². The Morgan fingerprint density at radius 1 is 1.44 bits per heavy atom. The zero-order valence-electron chi connectivity index (χ0n) is 15.4. The minimum atomic E-state index is -0.986. The first kappa shape index (κ1) is 18.6. The van der Waals surface area contributed by atoms with Crippen molar-refractivity contribution >= 4 is 5.97 Å². The summed E-state index contributed by atoms with van der Waals surface area (Å²) in [5.74, 6) is -0.426. The molecule has 3 fully saturated rings. The molecule has 5 heteroatoms. The second-order valence-electron chi connectivity index (χ2n) is 8.72. The van der Waals surface area contributed by atoms with E-state index in [9.17, 15) is 20.1 Å². The van der Waals surface area contributed by atoms with Gasteiger partial charge in [-0.15, -0.1) is 0 Å². The van der Waals surface area contributed by atoms with Gasteiger partial charge in [-0.3, -0.25) is 4.79 Å². The van der Waals surface area contributed by atoms with Crippen LogP contribution in [0.3, 0.4) is 0 Å². The lowest BCUT2D eigenvalue weighted by Gasteiger charge is -2.61. The zero-order chi connectivity index (χ0) is 18.8. The van der Waals surface area contributed by atoms with Crippen LogP contribution in [0.2, 0.25) is 0 Å². The molecule has 3 N–H and O–H groups in total. The third kappa shape index (κ3) is 1.82. The third-order valence-corrected chi connectivity index (χ3v) is 8.20. The van der Waals surface area contributed by atoms with Crippen LogP contribution in [0.25, 0.3) is 0 Å². The Bertz CT molecular complexity index is 630. The first-order chi connectivity index (χ1) is 11.6. The molecular formula is C20H30O5. The Hall–Kier alpha value is -1.17. The Morgan fingerprint density at radius 3 is 2.60 bits per heavy atom. The highest BCUT2D eigenvalue weighted by molar-refractivity contribution is 5.83. The van der Waals surface area contributed by atoms with E-state index in [1.165, 1.54) is 6.08 Å². The molecule has 1 aliphatic heterocycles. The molecule has 0 unspecified atom stereocenters. The largest absolute Gasteiger partial charge is 0.457 e. The maximum atomic E-state index is 12.7. The maximum absolute atomic E-state index is 12.7. The van der Waals surface area contributed by atoms with Crippen molar-refractivity contribution in [1.29, 1.82) is 0 Å². The van der Waals surface area contributed by atoms with Crippen molar-refractivity contribution < 1.29 is 24.9 Å². The summed E-state index contributed by atoms with van der Waals surface area (Å²) in [6.07, 6.45) is 1.81. The highest BCUT2D eigenvalue weighted by Crippen LogP contribution is 2.76. The fraction of sp³-hybridized carbons (Fsp3) is 0.750. The van der Waals surface area contributed by atoms with Crippen molar-refractivity contribution in [2.75, 3.05) is 6.61 Å². The molecule has 7 atom stereocenters. The van der Waals surface area contributed by atoms with Gasteiger partial charge in [0.15, 0.2) is 0 Å². The molecule has 0 spiro atoms. The molecule has 2 aliphatic carbocycles. The number of aliphatic hydroxyl groups is 3. The summed E-state index contributed by atoms with van der Waals surface area (Å²) in [5.41, 5.74) is -2.90. The van der Waals surface area contributed by atoms with Crippen LogP contribution in [0, 0.1) is 22.2 Å². The van der Waals surface area contributed by atoms with Gasteiger partial charge in [0.1, 0.15) is 5.60 Å². The van der Waals surface area contributed by atoms with Gasteiger partial charge in [0.25, 0.3) is 0 Å². The van der Waals surface area contributed by atoms with Crippen molar-refractivity contribution in [1.82, 2.24) is 0 Å². The van der Waals surface area contributed by atoms with Crippen LogP contribution in [0.5, 0.6) is 0 Å². The van der Waals surface area contributed by atoms with E-state index in [0.717, 1.165) is 0 Å². The SMILES string of the molecule is C=CC(=C)[C@H](O)C[C@]1(CO)[C@H](C)C[C@@H](O)[C@@]2(C)[C@@]13CC[C@@]2(C)C(=O)O3. The smallest absolute Gasteiger partial charge is 0.313 e. The normalized spacial score (nSPS) is 49.4. The molecule has 0 radical (unpaired) electrons. The maximum Gasteiger partial charge on any atom is 0.313 e. The Morgan fingerprint density at radius 2 is 2.08 bits per heavy atom. The van der Waals surface area contributed by atoms with Gasteiger partial charge >= 0.3 is 5.97 Å². The molecule has 0 aromatic heterocycles. The number of rotatable bonds is 5.